The van der Waals surface area contributed by atoms with Gasteiger partial charge in [-0.2, -0.15) is 0 Å². The lowest BCUT2D eigenvalue weighted by Gasteiger charge is -2.22. The van der Waals surface area contributed by atoms with Crippen molar-refractivity contribution in [1.82, 2.24) is 4.90 Å². The van der Waals surface area contributed by atoms with Crippen LogP contribution in [0.25, 0.3) is 0 Å². The van der Waals surface area contributed by atoms with Crippen LogP contribution in [0.15, 0.2) is 0 Å². The van der Waals surface area contributed by atoms with Crippen molar-refractivity contribution in [3.05, 3.63) is 0 Å². The van der Waals surface area contributed by atoms with Crippen LogP contribution in [0.3, 0.4) is 0 Å². The van der Waals surface area contributed by atoms with Crippen LogP contribution < -0.4 is 0 Å². The average Bonchev–Trinajstić information content (AvgIpc) is 2.02. The highest BCUT2D eigenvalue weighted by atomic mass is 16.4. The molecule has 0 aromatic rings. The summed E-state index contributed by atoms with van der Waals surface area (Å²) in [5, 5.41) is 8.40. The van der Waals surface area contributed by atoms with Crippen LogP contribution in [0.5, 0.6) is 0 Å². The lowest BCUT2D eigenvalue weighted by molar-refractivity contribution is -0.137. The Labute approximate surface area is 74.4 Å². The molecule has 1 unspecified atom stereocenters. The van der Waals surface area contributed by atoms with Gasteiger partial charge >= 0.3 is 5.97 Å². The molecule has 0 spiro atoms. The van der Waals surface area contributed by atoms with E-state index in [1.807, 2.05) is 7.05 Å². The molecule has 0 aliphatic carbocycles. The van der Waals surface area contributed by atoms with Gasteiger partial charge in [0, 0.05) is 12.5 Å². The summed E-state index contributed by atoms with van der Waals surface area (Å²) in [4.78, 5) is 12.4. The Morgan fingerprint density at radius 2 is 2.17 bits per heavy atom. The summed E-state index contributed by atoms with van der Waals surface area (Å²) >= 11 is 0. The van der Waals surface area contributed by atoms with Crippen LogP contribution >= 0.6 is 0 Å². The highest BCUT2D eigenvalue weighted by Crippen LogP contribution is 2.01. The van der Waals surface area contributed by atoms with Gasteiger partial charge in [-0.1, -0.05) is 6.92 Å². The molecule has 0 aliphatic heterocycles. The number of carboxylic acids is 1. The minimum absolute atomic E-state index is 0.279. The van der Waals surface area contributed by atoms with Gasteiger partial charge in [0.05, 0.1) is 0 Å². The van der Waals surface area contributed by atoms with Gasteiger partial charge in [-0.15, -0.1) is 0 Å². The quantitative estimate of drug-likeness (QED) is 0.663. The Bertz CT molecular complexity index is 136. The number of aliphatic carboxylic acids is 1. The maximum Gasteiger partial charge on any atom is 0.303 e. The number of hydrogen-bond donors (Lipinski definition) is 1. The van der Waals surface area contributed by atoms with Crippen molar-refractivity contribution in [3.8, 4) is 0 Å². The van der Waals surface area contributed by atoms with E-state index in [-0.39, 0.29) is 6.42 Å². The number of carboxylic acid groups (broad SMARTS) is 1. The van der Waals surface area contributed by atoms with Crippen LogP contribution in [-0.4, -0.2) is 35.6 Å². The van der Waals surface area contributed by atoms with Crippen molar-refractivity contribution in [1.29, 1.82) is 0 Å². The van der Waals surface area contributed by atoms with Gasteiger partial charge in [0.2, 0.25) is 0 Å². The van der Waals surface area contributed by atoms with Crippen LogP contribution in [0.1, 0.15) is 33.1 Å². The molecule has 0 radical (unpaired) electrons. The standard InChI is InChI=1S/C9H19NO2/c1-4-8(2)10(3)7-5-6-9(11)12/h8H,4-7H2,1-3H3,(H,11,12). The summed E-state index contributed by atoms with van der Waals surface area (Å²) in [5.74, 6) is -0.701. The minimum Gasteiger partial charge on any atom is -0.481 e. The Hall–Kier alpha value is -0.570. The van der Waals surface area contributed by atoms with Gasteiger partial charge in [-0.05, 0) is 33.4 Å². The van der Waals surface area contributed by atoms with Gasteiger partial charge < -0.3 is 10.0 Å². The fourth-order valence-corrected chi connectivity index (χ4v) is 1.01. The molecule has 0 saturated heterocycles. The molecule has 12 heavy (non-hydrogen) atoms. The maximum absolute atomic E-state index is 10.2. The highest BCUT2D eigenvalue weighted by molar-refractivity contribution is 5.66. The molecule has 0 aliphatic rings. The topological polar surface area (TPSA) is 40.5 Å². The Kier molecular flexibility index (Phi) is 5.72. The first-order valence-electron chi connectivity index (χ1n) is 4.50. The highest BCUT2D eigenvalue weighted by Gasteiger charge is 2.06. The van der Waals surface area contributed by atoms with E-state index >= 15 is 0 Å². The summed E-state index contributed by atoms with van der Waals surface area (Å²) in [5.41, 5.74) is 0. The van der Waals surface area contributed by atoms with E-state index < -0.39 is 5.97 Å². The predicted molar refractivity (Wildman–Crippen MR) is 49.3 cm³/mol. The molecular formula is C9H19NO2. The van der Waals surface area contributed by atoms with E-state index in [0.717, 1.165) is 19.4 Å². The molecule has 1 atom stereocenters. The van der Waals surface area contributed by atoms with Crippen LogP contribution in [0.2, 0.25) is 0 Å². The molecule has 0 fully saturated rings. The van der Waals surface area contributed by atoms with E-state index in [9.17, 15) is 4.79 Å². The average molecular weight is 173 g/mol. The van der Waals surface area contributed by atoms with E-state index in [1.165, 1.54) is 0 Å². The van der Waals surface area contributed by atoms with Crippen molar-refractivity contribution >= 4 is 5.97 Å². The van der Waals surface area contributed by atoms with Crippen LogP contribution in [0.4, 0.5) is 0 Å². The molecule has 0 amide bonds. The normalized spacial score (nSPS) is 13.3. The fourth-order valence-electron chi connectivity index (χ4n) is 1.01. The van der Waals surface area contributed by atoms with Gasteiger partial charge in [-0.3, -0.25) is 4.79 Å². The van der Waals surface area contributed by atoms with Gasteiger partial charge in [0.25, 0.3) is 0 Å². The third-order valence-corrected chi connectivity index (χ3v) is 2.24. The third kappa shape index (κ3) is 5.13. The van der Waals surface area contributed by atoms with Crippen molar-refractivity contribution in [2.24, 2.45) is 0 Å². The smallest absolute Gasteiger partial charge is 0.303 e. The van der Waals surface area contributed by atoms with E-state index in [1.54, 1.807) is 0 Å². The molecule has 1 N–H and O–H groups in total. The lowest BCUT2D eigenvalue weighted by Crippen LogP contribution is -2.29. The van der Waals surface area contributed by atoms with E-state index in [0.29, 0.717) is 6.04 Å². The van der Waals surface area contributed by atoms with E-state index in [2.05, 4.69) is 18.7 Å². The first kappa shape index (κ1) is 11.4. The summed E-state index contributed by atoms with van der Waals surface area (Å²) in [6.45, 7) is 5.17. The van der Waals surface area contributed by atoms with Crippen LogP contribution in [0, 0.1) is 0 Å². The summed E-state index contributed by atoms with van der Waals surface area (Å²) in [6.07, 6.45) is 2.14. The zero-order valence-electron chi connectivity index (χ0n) is 8.21. The second kappa shape index (κ2) is 6.00. The molecule has 0 saturated carbocycles. The summed E-state index contributed by atoms with van der Waals surface area (Å²) in [7, 11) is 2.04. The molecule has 0 heterocycles. The minimum atomic E-state index is -0.701. The van der Waals surface area contributed by atoms with Crippen molar-refractivity contribution in [2.75, 3.05) is 13.6 Å². The molecule has 0 bridgehead atoms. The first-order valence-corrected chi connectivity index (χ1v) is 4.50. The number of hydrogen-bond acceptors (Lipinski definition) is 2. The van der Waals surface area contributed by atoms with Crippen molar-refractivity contribution in [2.45, 2.75) is 39.2 Å². The van der Waals surface area contributed by atoms with Crippen LogP contribution in [-0.2, 0) is 4.79 Å². The summed E-state index contributed by atoms with van der Waals surface area (Å²) in [6, 6.07) is 0.554. The van der Waals surface area contributed by atoms with E-state index in [4.69, 9.17) is 5.11 Å². The first-order chi connectivity index (χ1) is 5.57. The second-order valence-corrected chi connectivity index (χ2v) is 3.24. The zero-order valence-corrected chi connectivity index (χ0v) is 8.21. The molecule has 0 aromatic carbocycles. The zero-order chi connectivity index (χ0) is 9.56. The Morgan fingerprint density at radius 3 is 2.58 bits per heavy atom. The van der Waals surface area contributed by atoms with Crippen molar-refractivity contribution in [3.63, 3.8) is 0 Å². The largest absolute Gasteiger partial charge is 0.481 e. The molecular weight excluding hydrogens is 154 g/mol. The van der Waals surface area contributed by atoms with Gasteiger partial charge in [-0.25, -0.2) is 0 Å². The number of carbonyl (C=O) groups is 1. The molecule has 0 rings (SSSR count). The molecule has 0 aromatic heterocycles. The predicted octanol–water partition coefficient (Wildman–Crippen LogP) is 1.58. The monoisotopic (exact) mass is 173 g/mol. The van der Waals surface area contributed by atoms with Crippen molar-refractivity contribution < 1.29 is 9.90 Å². The maximum atomic E-state index is 10.2. The number of rotatable bonds is 6. The molecule has 3 nitrogen and oxygen atoms in total. The Morgan fingerprint density at radius 1 is 1.58 bits per heavy atom. The Balaban J connectivity index is 3.43. The SMILES string of the molecule is CCC(C)N(C)CCCC(=O)O. The second-order valence-electron chi connectivity index (χ2n) is 3.24. The number of nitrogens with zero attached hydrogens (tertiary/aromatic N) is 1. The fraction of sp³-hybridized carbons (Fsp3) is 0.889. The molecule has 72 valence electrons. The third-order valence-electron chi connectivity index (χ3n) is 2.24. The molecule has 3 heteroatoms. The summed E-state index contributed by atoms with van der Waals surface area (Å²) < 4.78 is 0. The lowest BCUT2D eigenvalue weighted by atomic mass is 10.2. The van der Waals surface area contributed by atoms with Gasteiger partial charge in [0.1, 0.15) is 0 Å². The van der Waals surface area contributed by atoms with Gasteiger partial charge in [0.15, 0.2) is 0 Å².